The Balaban J connectivity index is 3.09. The van der Waals surface area contributed by atoms with Crippen molar-refractivity contribution in [2.24, 2.45) is 0 Å². The van der Waals surface area contributed by atoms with Crippen LogP contribution in [-0.2, 0) is 4.79 Å². The molecule has 0 aliphatic rings. The van der Waals surface area contributed by atoms with E-state index in [9.17, 15) is 4.79 Å². The minimum Gasteiger partial charge on any atom is -0.497 e. The van der Waals surface area contributed by atoms with Crippen LogP contribution in [0.25, 0.3) is 0 Å². The maximum atomic E-state index is 10.8. The second-order valence-electron chi connectivity index (χ2n) is 4.56. The quantitative estimate of drug-likeness (QED) is 0.741. The lowest BCUT2D eigenvalue weighted by atomic mass is 10.2. The van der Waals surface area contributed by atoms with Gasteiger partial charge in [-0.05, 0) is 19.1 Å². The number of hydrogen-bond acceptors (Lipinski definition) is 4. The fourth-order valence-corrected chi connectivity index (χ4v) is 1.88. The zero-order valence-corrected chi connectivity index (χ0v) is 12.2. The first-order valence-electron chi connectivity index (χ1n) is 6.31. The molecule has 0 saturated heterocycles. The second kappa shape index (κ2) is 7.43. The Labute approximate surface area is 119 Å². The van der Waals surface area contributed by atoms with E-state index in [1.165, 1.54) is 0 Å². The number of carboxylic acids is 1. The van der Waals surface area contributed by atoms with Crippen LogP contribution in [0.15, 0.2) is 30.4 Å². The highest BCUT2D eigenvalue weighted by molar-refractivity contribution is 5.69. The minimum atomic E-state index is -0.835. The molecule has 110 valence electrons. The van der Waals surface area contributed by atoms with E-state index in [-0.39, 0.29) is 6.42 Å². The molecule has 20 heavy (non-hydrogen) atoms. The number of aliphatic carboxylic acids is 1. The molecule has 0 radical (unpaired) electrons. The van der Waals surface area contributed by atoms with Crippen molar-refractivity contribution in [1.29, 1.82) is 0 Å². The van der Waals surface area contributed by atoms with Gasteiger partial charge in [0.05, 0.1) is 26.3 Å². The SMILES string of the molecule is C=C(C)CN(CCC(=O)O)c1cc(OC)ccc1OC. The van der Waals surface area contributed by atoms with E-state index in [1.54, 1.807) is 26.4 Å². The Morgan fingerprint density at radius 3 is 2.55 bits per heavy atom. The lowest BCUT2D eigenvalue weighted by molar-refractivity contribution is -0.136. The Morgan fingerprint density at radius 2 is 2.05 bits per heavy atom. The molecule has 1 aromatic rings. The Morgan fingerprint density at radius 1 is 1.35 bits per heavy atom. The number of benzene rings is 1. The predicted octanol–water partition coefficient (Wildman–Crippen LogP) is 2.56. The molecule has 0 amide bonds. The highest BCUT2D eigenvalue weighted by Crippen LogP contribution is 2.32. The largest absolute Gasteiger partial charge is 0.497 e. The van der Waals surface area contributed by atoms with Crippen molar-refractivity contribution in [2.45, 2.75) is 13.3 Å². The molecule has 0 aromatic heterocycles. The van der Waals surface area contributed by atoms with Crippen LogP contribution in [0.3, 0.4) is 0 Å². The van der Waals surface area contributed by atoms with Crippen molar-refractivity contribution < 1.29 is 19.4 Å². The van der Waals surface area contributed by atoms with Gasteiger partial charge in [0.15, 0.2) is 0 Å². The number of carbonyl (C=O) groups is 1. The molecule has 0 spiro atoms. The zero-order chi connectivity index (χ0) is 15.1. The third kappa shape index (κ3) is 4.50. The topological polar surface area (TPSA) is 59.0 Å². The number of rotatable bonds is 8. The van der Waals surface area contributed by atoms with Crippen LogP contribution in [0.5, 0.6) is 11.5 Å². The van der Waals surface area contributed by atoms with E-state index in [0.717, 1.165) is 11.3 Å². The first-order chi connectivity index (χ1) is 9.47. The summed E-state index contributed by atoms with van der Waals surface area (Å²) in [5.74, 6) is 0.541. The van der Waals surface area contributed by atoms with Crippen molar-refractivity contribution in [2.75, 3.05) is 32.2 Å². The Hall–Kier alpha value is -2.17. The molecule has 0 heterocycles. The fourth-order valence-electron chi connectivity index (χ4n) is 1.88. The molecule has 0 aliphatic carbocycles. The maximum absolute atomic E-state index is 10.8. The van der Waals surface area contributed by atoms with E-state index in [1.807, 2.05) is 17.9 Å². The zero-order valence-electron chi connectivity index (χ0n) is 12.2. The van der Waals surface area contributed by atoms with Crippen LogP contribution < -0.4 is 14.4 Å². The third-order valence-electron chi connectivity index (χ3n) is 2.78. The summed E-state index contributed by atoms with van der Waals surface area (Å²) in [6.07, 6.45) is 0.0493. The summed E-state index contributed by atoms with van der Waals surface area (Å²) >= 11 is 0. The number of hydrogen-bond donors (Lipinski definition) is 1. The third-order valence-corrected chi connectivity index (χ3v) is 2.78. The summed E-state index contributed by atoms with van der Waals surface area (Å²) in [6.45, 7) is 6.73. The van der Waals surface area contributed by atoms with Crippen LogP contribution in [-0.4, -0.2) is 38.4 Å². The van der Waals surface area contributed by atoms with Gasteiger partial charge in [0.25, 0.3) is 0 Å². The van der Waals surface area contributed by atoms with Gasteiger partial charge < -0.3 is 19.5 Å². The van der Waals surface area contributed by atoms with Crippen LogP contribution in [0.2, 0.25) is 0 Å². The van der Waals surface area contributed by atoms with Crippen molar-refractivity contribution in [3.63, 3.8) is 0 Å². The number of anilines is 1. The molecule has 5 heteroatoms. The standard InChI is InChI=1S/C15H21NO4/c1-11(2)10-16(8-7-15(17)18)13-9-12(19-3)5-6-14(13)20-4/h5-6,9H,1,7-8,10H2,2-4H3,(H,17,18). The van der Waals surface area contributed by atoms with Gasteiger partial charge in [0.2, 0.25) is 0 Å². The molecule has 5 nitrogen and oxygen atoms in total. The van der Waals surface area contributed by atoms with E-state index >= 15 is 0 Å². The summed E-state index contributed by atoms with van der Waals surface area (Å²) in [7, 11) is 3.17. The summed E-state index contributed by atoms with van der Waals surface area (Å²) in [5.41, 5.74) is 1.75. The Bertz CT molecular complexity index is 485. The summed E-state index contributed by atoms with van der Waals surface area (Å²) < 4.78 is 10.6. The summed E-state index contributed by atoms with van der Waals surface area (Å²) in [4.78, 5) is 12.7. The number of carboxylic acid groups (broad SMARTS) is 1. The fraction of sp³-hybridized carbons (Fsp3) is 0.400. The highest BCUT2D eigenvalue weighted by atomic mass is 16.5. The van der Waals surface area contributed by atoms with Crippen molar-refractivity contribution >= 4 is 11.7 Å². The van der Waals surface area contributed by atoms with Gasteiger partial charge in [-0.1, -0.05) is 12.2 Å². The minimum absolute atomic E-state index is 0.0493. The van der Waals surface area contributed by atoms with E-state index < -0.39 is 5.97 Å². The van der Waals surface area contributed by atoms with Crippen LogP contribution in [0.1, 0.15) is 13.3 Å². The predicted molar refractivity (Wildman–Crippen MR) is 78.8 cm³/mol. The van der Waals surface area contributed by atoms with Crippen molar-refractivity contribution in [3.05, 3.63) is 30.4 Å². The monoisotopic (exact) mass is 279 g/mol. The smallest absolute Gasteiger partial charge is 0.305 e. The molecule has 1 rings (SSSR count). The van der Waals surface area contributed by atoms with Gasteiger partial charge in [-0.3, -0.25) is 4.79 Å². The van der Waals surface area contributed by atoms with Crippen LogP contribution in [0.4, 0.5) is 5.69 Å². The molecular formula is C15H21NO4. The van der Waals surface area contributed by atoms with E-state index in [2.05, 4.69) is 6.58 Å². The van der Waals surface area contributed by atoms with Crippen LogP contribution in [0, 0.1) is 0 Å². The molecular weight excluding hydrogens is 258 g/mol. The molecule has 1 aromatic carbocycles. The average Bonchev–Trinajstić information content (AvgIpc) is 2.42. The van der Waals surface area contributed by atoms with Gasteiger partial charge >= 0.3 is 5.97 Å². The number of nitrogens with zero attached hydrogens (tertiary/aromatic N) is 1. The van der Waals surface area contributed by atoms with Gasteiger partial charge in [-0.2, -0.15) is 0 Å². The first kappa shape index (κ1) is 15.9. The highest BCUT2D eigenvalue weighted by Gasteiger charge is 2.14. The lowest BCUT2D eigenvalue weighted by Gasteiger charge is -2.26. The van der Waals surface area contributed by atoms with Crippen LogP contribution >= 0.6 is 0 Å². The molecule has 0 saturated carbocycles. The molecule has 0 atom stereocenters. The van der Waals surface area contributed by atoms with Crippen molar-refractivity contribution in [1.82, 2.24) is 0 Å². The molecule has 0 bridgehead atoms. The first-order valence-corrected chi connectivity index (χ1v) is 6.31. The normalized spacial score (nSPS) is 9.95. The molecule has 0 aliphatic heterocycles. The Kier molecular flexibility index (Phi) is 5.90. The maximum Gasteiger partial charge on any atom is 0.305 e. The second-order valence-corrected chi connectivity index (χ2v) is 4.56. The molecule has 1 N–H and O–H groups in total. The van der Waals surface area contributed by atoms with Gasteiger partial charge in [0.1, 0.15) is 11.5 Å². The summed E-state index contributed by atoms with van der Waals surface area (Å²) in [6, 6.07) is 5.45. The van der Waals surface area contributed by atoms with E-state index in [4.69, 9.17) is 14.6 Å². The number of methoxy groups -OCH3 is 2. The van der Waals surface area contributed by atoms with Gasteiger partial charge in [-0.25, -0.2) is 0 Å². The number of ether oxygens (including phenoxy) is 2. The molecule has 0 fully saturated rings. The van der Waals surface area contributed by atoms with Crippen molar-refractivity contribution in [3.8, 4) is 11.5 Å². The van der Waals surface area contributed by atoms with Gasteiger partial charge in [-0.15, -0.1) is 0 Å². The summed E-state index contributed by atoms with van der Waals surface area (Å²) in [5, 5.41) is 8.87. The van der Waals surface area contributed by atoms with E-state index in [0.29, 0.717) is 24.6 Å². The lowest BCUT2D eigenvalue weighted by Crippen LogP contribution is -2.28. The average molecular weight is 279 g/mol. The molecule has 0 unspecified atom stereocenters. The van der Waals surface area contributed by atoms with Gasteiger partial charge in [0, 0.05) is 19.2 Å².